The smallest absolute Gasteiger partial charge is 0.251 e. The summed E-state index contributed by atoms with van der Waals surface area (Å²) < 4.78 is 5.56. The van der Waals surface area contributed by atoms with Crippen LogP contribution in [0.5, 0.6) is 0 Å². The Morgan fingerprint density at radius 1 is 1.50 bits per heavy atom. The third kappa shape index (κ3) is 3.11. The van der Waals surface area contributed by atoms with E-state index in [-0.39, 0.29) is 24.1 Å². The highest BCUT2D eigenvalue weighted by Gasteiger charge is 2.40. The zero-order valence-corrected chi connectivity index (χ0v) is 12.3. The first-order valence-corrected chi connectivity index (χ1v) is 6.98. The number of amides is 1. The summed E-state index contributed by atoms with van der Waals surface area (Å²) in [7, 11) is 3.90. The highest BCUT2D eigenvalue weighted by atomic mass is 16.5. The van der Waals surface area contributed by atoms with Crippen LogP contribution in [0.15, 0.2) is 24.3 Å². The van der Waals surface area contributed by atoms with Crippen LogP contribution in [-0.2, 0) is 4.74 Å². The Balaban J connectivity index is 2.02. The molecule has 20 heavy (non-hydrogen) atoms. The Labute approximate surface area is 120 Å². The number of carbonyl (C=O) groups is 1. The minimum absolute atomic E-state index is 0.0208. The molecule has 5 heteroatoms. The van der Waals surface area contributed by atoms with E-state index < -0.39 is 0 Å². The minimum Gasteiger partial charge on any atom is -0.378 e. The summed E-state index contributed by atoms with van der Waals surface area (Å²) in [4.78, 5) is 14.2. The van der Waals surface area contributed by atoms with Crippen LogP contribution >= 0.6 is 0 Å². The largest absolute Gasteiger partial charge is 0.378 e. The first-order valence-electron chi connectivity index (χ1n) is 6.98. The molecule has 0 aliphatic heterocycles. The van der Waals surface area contributed by atoms with E-state index in [0.717, 1.165) is 12.1 Å². The summed E-state index contributed by atoms with van der Waals surface area (Å²) in [6.45, 7) is 2.59. The fourth-order valence-corrected chi connectivity index (χ4v) is 2.39. The van der Waals surface area contributed by atoms with Gasteiger partial charge in [-0.25, -0.2) is 0 Å². The summed E-state index contributed by atoms with van der Waals surface area (Å²) in [6.07, 6.45) is 0.840. The van der Waals surface area contributed by atoms with E-state index in [2.05, 4.69) is 5.32 Å². The maximum Gasteiger partial charge on any atom is 0.251 e. The number of hydrogen-bond acceptors (Lipinski definition) is 4. The van der Waals surface area contributed by atoms with Gasteiger partial charge in [-0.05, 0) is 31.5 Å². The Hall–Kier alpha value is -1.59. The Morgan fingerprint density at radius 2 is 2.25 bits per heavy atom. The fraction of sp³-hybridized carbons (Fsp3) is 0.533. The van der Waals surface area contributed by atoms with Crippen LogP contribution in [0, 0.1) is 0 Å². The molecule has 110 valence electrons. The van der Waals surface area contributed by atoms with Gasteiger partial charge in [0, 0.05) is 38.0 Å². The van der Waals surface area contributed by atoms with Gasteiger partial charge in [-0.2, -0.15) is 0 Å². The van der Waals surface area contributed by atoms with Crippen molar-refractivity contribution in [3.63, 3.8) is 0 Å². The normalized spacial score (nSPS) is 24.9. The Morgan fingerprint density at radius 3 is 2.85 bits per heavy atom. The van der Waals surface area contributed by atoms with Gasteiger partial charge in [-0.3, -0.25) is 4.79 Å². The monoisotopic (exact) mass is 277 g/mol. The van der Waals surface area contributed by atoms with Crippen molar-refractivity contribution in [2.24, 2.45) is 5.73 Å². The fourth-order valence-electron chi connectivity index (χ4n) is 2.39. The number of nitrogens with zero attached hydrogens (tertiary/aromatic N) is 1. The molecule has 0 aromatic heterocycles. The molecule has 0 bridgehead atoms. The highest BCUT2D eigenvalue weighted by Crippen LogP contribution is 2.23. The zero-order chi connectivity index (χ0) is 14.7. The van der Waals surface area contributed by atoms with Crippen LogP contribution in [0.4, 0.5) is 5.69 Å². The molecule has 0 radical (unpaired) electrons. The molecule has 1 aromatic carbocycles. The SMILES string of the molecule is CCOC1CC(N)C1NC(=O)c1cccc(N(C)C)c1. The molecule has 3 N–H and O–H groups in total. The van der Waals surface area contributed by atoms with Crippen LogP contribution in [0.25, 0.3) is 0 Å². The van der Waals surface area contributed by atoms with Crippen molar-refractivity contribution in [3.05, 3.63) is 29.8 Å². The molecule has 5 nitrogen and oxygen atoms in total. The lowest BCUT2D eigenvalue weighted by molar-refractivity contribution is -0.0300. The van der Waals surface area contributed by atoms with Crippen LogP contribution in [0.1, 0.15) is 23.7 Å². The van der Waals surface area contributed by atoms with Gasteiger partial charge in [-0.15, -0.1) is 0 Å². The van der Waals surface area contributed by atoms with Gasteiger partial charge in [0.05, 0.1) is 12.1 Å². The number of benzene rings is 1. The van der Waals surface area contributed by atoms with Crippen LogP contribution in [0.3, 0.4) is 0 Å². The Kier molecular flexibility index (Phi) is 4.62. The molecule has 1 amide bonds. The first-order chi connectivity index (χ1) is 9.52. The molecule has 0 heterocycles. The molecule has 1 aliphatic rings. The molecular weight excluding hydrogens is 254 g/mol. The van der Waals surface area contributed by atoms with Gasteiger partial charge >= 0.3 is 0 Å². The second kappa shape index (κ2) is 6.24. The van der Waals surface area contributed by atoms with Crippen molar-refractivity contribution >= 4 is 11.6 Å². The summed E-state index contributed by atoms with van der Waals surface area (Å²) in [6, 6.07) is 7.41. The topological polar surface area (TPSA) is 67.6 Å². The molecule has 3 atom stereocenters. The van der Waals surface area contributed by atoms with Crippen molar-refractivity contribution in [2.75, 3.05) is 25.6 Å². The van der Waals surface area contributed by atoms with E-state index in [9.17, 15) is 4.79 Å². The molecule has 1 aromatic rings. The van der Waals surface area contributed by atoms with Crippen molar-refractivity contribution < 1.29 is 9.53 Å². The average Bonchev–Trinajstić information content (AvgIpc) is 2.44. The number of hydrogen-bond donors (Lipinski definition) is 2. The van der Waals surface area contributed by atoms with Crippen LogP contribution in [0.2, 0.25) is 0 Å². The summed E-state index contributed by atoms with van der Waals surface area (Å²) >= 11 is 0. The van der Waals surface area contributed by atoms with Gasteiger partial charge in [0.25, 0.3) is 5.91 Å². The highest BCUT2D eigenvalue weighted by molar-refractivity contribution is 5.95. The van der Waals surface area contributed by atoms with E-state index in [1.807, 2.05) is 50.2 Å². The van der Waals surface area contributed by atoms with Gasteiger partial charge < -0.3 is 20.7 Å². The predicted molar refractivity (Wildman–Crippen MR) is 80.0 cm³/mol. The maximum absolute atomic E-state index is 12.3. The van der Waals surface area contributed by atoms with E-state index >= 15 is 0 Å². The Bertz CT molecular complexity index is 474. The van der Waals surface area contributed by atoms with Gasteiger partial charge in [0.2, 0.25) is 0 Å². The molecular formula is C15H23N3O2. The number of carbonyl (C=O) groups excluding carboxylic acids is 1. The quantitative estimate of drug-likeness (QED) is 0.842. The van der Waals surface area contributed by atoms with E-state index in [4.69, 9.17) is 10.5 Å². The molecule has 3 unspecified atom stereocenters. The van der Waals surface area contributed by atoms with Crippen molar-refractivity contribution in [1.29, 1.82) is 0 Å². The molecule has 0 spiro atoms. The van der Waals surface area contributed by atoms with Gasteiger partial charge in [-0.1, -0.05) is 6.07 Å². The number of nitrogens with one attached hydrogen (secondary N) is 1. The average molecular weight is 277 g/mol. The number of anilines is 1. The lowest BCUT2D eigenvalue weighted by Crippen LogP contribution is -2.64. The van der Waals surface area contributed by atoms with Crippen molar-refractivity contribution in [3.8, 4) is 0 Å². The summed E-state index contributed by atoms with van der Waals surface area (Å²) in [5.74, 6) is -0.0986. The number of ether oxygens (including phenoxy) is 1. The van der Waals surface area contributed by atoms with Crippen LogP contribution in [-0.4, -0.2) is 44.8 Å². The standard InChI is InChI=1S/C15H23N3O2/c1-4-20-13-9-12(16)14(13)17-15(19)10-6-5-7-11(8-10)18(2)3/h5-8,12-14H,4,9,16H2,1-3H3,(H,17,19). The lowest BCUT2D eigenvalue weighted by atomic mass is 9.83. The summed E-state index contributed by atoms with van der Waals surface area (Å²) in [5.41, 5.74) is 7.59. The molecule has 1 aliphatic carbocycles. The third-order valence-corrected chi connectivity index (χ3v) is 3.67. The lowest BCUT2D eigenvalue weighted by Gasteiger charge is -2.42. The molecule has 1 fully saturated rings. The first kappa shape index (κ1) is 14.8. The van der Waals surface area contributed by atoms with Crippen LogP contribution < -0.4 is 16.0 Å². The third-order valence-electron chi connectivity index (χ3n) is 3.67. The minimum atomic E-state index is -0.0986. The van der Waals surface area contributed by atoms with Crippen molar-refractivity contribution in [1.82, 2.24) is 5.32 Å². The summed E-state index contributed by atoms with van der Waals surface area (Å²) in [5, 5.41) is 2.98. The van der Waals surface area contributed by atoms with Gasteiger partial charge in [0.15, 0.2) is 0 Å². The second-order valence-corrected chi connectivity index (χ2v) is 5.34. The second-order valence-electron chi connectivity index (χ2n) is 5.34. The molecule has 1 saturated carbocycles. The number of nitrogens with two attached hydrogens (primary N) is 1. The number of rotatable bonds is 5. The predicted octanol–water partition coefficient (Wildman–Crippen LogP) is 0.987. The van der Waals surface area contributed by atoms with E-state index in [0.29, 0.717) is 12.2 Å². The van der Waals surface area contributed by atoms with E-state index in [1.54, 1.807) is 0 Å². The van der Waals surface area contributed by atoms with E-state index in [1.165, 1.54) is 0 Å². The molecule has 2 rings (SSSR count). The molecule has 0 saturated heterocycles. The van der Waals surface area contributed by atoms with Crippen molar-refractivity contribution in [2.45, 2.75) is 31.5 Å². The van der Waals surface area contributed by atoms with Gasteiger partial charge in [0.1, 0.15) is 0 Å². The zero-order valence-electron chi connectivity index (χ0n) is 12.3. The maximum atomic E-state index is 12.3.